The van der Waals surface area contributed by atoms with Gasteiger partial charge >= 0.3 is 0 Å². The van der Waals surface area contributed by atoms with Crippen molar-refractivity contribution >= 4 is 0 Å². The molecule has 26 heavy (non-hydrogen) atoms. The quantitative estimate of drug-likeness (QED) is 0.844. The smallest absolute Gasteiger partial charge is 0.0991 e. The molecule has 6 heteroatoms. The summed E-state index contributed by atoms with van der Waals surface area (Å²) in [5, 5.41) is 9.81. The molecule has 0 amide bonds. The number of hydrogen-bond acceptors (Lipinski definition) is 5. The Morgan fingerprint density at radius 2 is 1.81 bits per heavy atom. The lowest BCUT2D eigenvalue weighted by molar-refractivity contribution is 0.0264. The van der Waals surface area contributed by atoms with Crippen LogP contribution in [0.25, 0.3) is 5.69 Å². The van der Waals surface area contributed by atoms with Crippen LogP contribution >= 0.6 is 0 Å². The van der Waals surface area contributed by atoms with Gasteiger partial charge in [0.25, 0.3) is 0 Å². The highest BCUT2D eigenvalue weighted by Crippen LogP contribution is 2.26. The van der Waals surface area contributed by atoms with Gasteiger partial charge < -0.3 is 14.4 Å². The molecular formula is C20H28N4O2. The molecule has 0 spiro atoms. The lowest BCUT2D eigenvalue weighted by Gasteiger charge is -2.30. The van der Waals surface area contributed by atoms with Crippen LogP contribution in [0.2, 0.25) is 0 Å². The van der Waals surface area contributed by atoms with Crippen molar-refractivity contribution in [2.24, 2.45) is 11.8 Å². The minimum atomic E-state index is 0.283. The van der Waals surface area contributed by atoms with E-state index in [1.165, 1.54) is 5.56 Å². The van der Waals surface area contributed by atoms with Crippen LogP contribution in [0.4, 0.5) is 0 Å². The lowest BCUT2D eigenvalue weighted by atomic mass is 9.96. The molecule has 0 aliphatic carbocycles. The highest BCUT2D eigenvalue weighted by atomic mass is 16.5. The number of aliphatic hydroxyl groups excluding tert-OH is 1. The zero-order chi connectivity index (χ0) is 17.8. The molecule has 2 atom stereocenters. The fraction of sp³-hybridized carbons (Fsp3) is 0.550. The minimum Gasteiger partial charge on any atom is -0.396 e. The largest absolute Gasteiger partial charge is 0.396 e. The zero-order valence-corrected chi connectivity index (χ0v) is 15.2. The maximum absolute atomic E-state index is 9.81. The standard InChI is InChI=1S/C20H28N4O2/c25-15-19-14-23(13-18(19)12-22-7-9-26-10-8-22)11-17-1-3-20(4-2-17)24-6-5-21-16-24/h1-6,16,18-19,25H,7-15H2/t18-,19-/m0/s1. The van der Waals surface area contributed by atoms with Gasteiger partial charge in [0.1, 0.15) is 0 Å². The van der Waals surface area contributed by atoms with Crippen LogP contribution in [-0.4, -0.2) is 77.0 Å². The van der Waals surface area contributed by atoms with Crippen molar-refractivity contribution in [1.82, 2.24) is 19.4 Å². The number of nitrogens with zero attached hydrogens (tertiary/aromatic N) is 4. The third-order valence-corrected chi connectivity index (χ3v) is 5.63. The highest BCUT2D eigenvalue weighted by Gasteiger charge is 2.33. The van der Waals surface area contributed by atoms with Gasteiger partial charge in [0.05, 0.1) is 19.5 Å². The molecule has 2 aliphatic heterocycles. The molecule has 0 bridgehead atoms. The molecule has 0 unspecified atom stereocenters. The first-order chi connectivity index (χ1) is 12.8. The summed E-state index contributed by atoms with van der Waals surface area (Å²) in [7, 11) is 0. The minimum absolute atomic E-state index is 0.283. The number of aliphatic hydroxyl groups is 1. The maximum Gasteiger partial charge on any atom is 0.0991 e. The van der Waals surface area contributed by atoms with Crippen molar-refractivity contribution in [2.45, 2.75) is 6.54 Å². The summed E-state index contributed by atoms with van der Waals surface area (Å²) in [5.41, 5.74) is 2.45. The summed E-state index contributed by atoms with van der Waals surface area (Å²) >= 11 is 0. The highest BCUT2D eigenvalue weighted by molar-refractivity contribution is 5.34. The molecule has 2 fully saturated rings. The number of rotatable bonds is 6. The van der Waals surface area contributed by atoms with E-state index < -0.39 is 0 Å². The Labute approximate surface area is 155 Å². The monoisotopic (exact) mass is 356 g/mol. The van der Waals surface area contributed by atoms with Crippen molar-refractivity contribution in [3.8, 4) is 5.69 Å². The number of imidazole rings is 1. The van der Waals surface area contributed by atoms with E-state index in [0.717, 1.165) is 58.2 Å². The zero-order valence-electron chi connectivity index (χ0n) is 15.2. The average Bonchev–Trinajstić information content (AvgIpc) is 3.33. The average molecular weight is 356 g/mol. The van der Waals surface area contributed by atoms with Gasteiger partial charge in [0.15, 0.2) is 0 Å². The Kier molecular flexibility index (Phi) is 5.65. The van der Waals surface area contributed by atoms with E-state index in [1.54, 1.807) is 6.20 Å². The molecule has 0 saturated carbocycles. The van der Waals surface area contributed by atoms with Crippen LogP contribution < -0.4 is 0 Å². The molecule has 2 saturated heterocycles. The first-order valence-corrected chi connectivity index (χ1v) is 9.52. The van der Waals surface area contributed by atoms with E-state index >= 15 is 0 Å². The Morgan fingerprint density at radius 1 is 1.04 bits per heavy atom. The van der Waals surface area contributed by atoms with Crippen LogP contribution in [0.15, 0.2) is 43.0 Å². The fourth-order valence-electron chi connectivity index (χ4n) is 4.14. The number of ether oxygens (including phenoxy) is 1. The first kappa shape index (κ1) is 17.7. The van der Waals surface area contributed by atoms with Gasteiger partial charge in [-0.3, -0.25) is 9.80 Å². The topological polar surface area (TPSA) is 53.8 Å². The van der Waals surface area contributed by atoms with E-state index in [4.69, 9.17) is 4.74 Å². The second kappa shape index (κ2) is 8.31. The number of morpholine rings is 1. The summed E-state index contributed by atoms with van der Waals surface area (Å²) in [6.45, 7) is 8.05. The SMILES string of the molecule is OC[C@@H]1CN(Cc2ccc(-n3ccnc3)cc2)C[C@@H]1CN1CCOCC1. The second-order valence-corrected chi connectivity index (χ2v) is 7.45. The van der Waals surface area contributed by atoms with Crippen molar-refractivity contribution < 1.29 is 9.84 Å². The summed E-state index contributed by atoms with van der Waals surface area (Å²) < 4.78 is 7.46. The Hall–Kier alpha value is -1.73. The molecule has 140 valence electrons. The van der Waals surface area contributed by atoms with Crippen molar-refractivity contribution in [2.75, 3.05) is 52.5 Å². The number of hydrogen-bond donors (Lipinski definition) is 1. The predicted molar refractivity (Wildman–Crippen MR) is 100 cm³/mol. The van der Waals surface area contributed by atoms with E-state index in [-0.39, 0.29) is 6.61 Å². The van der Waals surface area contributed by atoms with E-state index in [1.807, 2.05) is 17.1 Å². The van der Waals surface area contributed by atoms with Crippen molar-refractivity contribution in [1.29, 1.82) is 0 Å². The summed E-state index contributed by atoms with van der Waals surface area (Å²) in [5.74, 6) is 0.923. The van der Waals surface area contributed by atoms with Crippen LogP contribution in [0, 0.1) is 11.8 Å². The first-order valence-electron chi connectivity index (χ1n) is 9.52. The normalized spacial score (nSPS) is 25.0. The molecule has 1 N–H and O–H groups in total. The molecule has 1 aromatic heterocycles. The molecule has 2 aromatic rings. The van der Waals surface area contributed by atoms with E-state index in [2.05, 4.69) is 39.0 Å². The van der Waals surface area contributed by atoms with E-state index in [0.29, 0.717) is 11.8 Å². The van der Waals surface area contributed by atoms with Gasteiger partial charge in [-0.2, -0.15) is 0 Å². The van der Waals surface area contributed by atoms with E-state index in [9.17, 15) is 5.11 Å². The number of benzene rings is 1. The summed E-state index contributed by atoms with van der Waals surface area (Å²) in [4.78, 5) is 9.07. The summed E-state index contributed by atoms with van der Waals surface area (Å²) in [6, 6.07) is 8.67. The van der Waals surface area contributed by atoms with Crippen LogP contribution in [0.3, 0.4) is 0 Å². The second-order valence-electron chi connectivity index (χ2n) is 7.45. The molecule has 4 rings (SSSR count). The Balaban J connectivity index is 1.34. The molecule has 2 aliphatic rings. The van der Waals surface area contributed by atoms with Gasteiger partial charge in [-0.15, -0.1) is 0 Å². The molecular weight excluding hydrogens is 328 g/mol. The van der Waals surface area contributed by atoms with Gasteiger partial charge in [0, 0.05) is 64.0 Å². The third kappa shape index (κ3) is 4.15. The van der Waals surface area contributed by atoms with Crippen LogP contribution in [0.5, 0.6) is 0 Å². The predicted octanol–water partition coefficient (Wildman–Crippen LogP) is 1.24. The van der Waals surface area contributed by atoms with Gasteiger partial charge in [-0.1, -0.05) is 12.1 Å². The fourth-order valence-corrected chi connectivity index (χ4v) is 4.14. The van der Waals surface area contributed by atoms with Gasteiger partial charge in [0.2, 0.25) is 0 Å². The van der Waals surface area contributed by atoms with Gasteiger partial charge in [-0.05, 0) is 29.5 Å². The number of likely N-dealkylation sites (tertiary alicyclic amines) is 1. The molecule has 0 radical (unpaired) electrons. The van der Waals surface area contributed by atoms with Crippen molar-refractivity contribution in [3.05, 3.63) is 48.5 Å². The van der Waals surface area contributed by atoms with Gasteiger partial charge in [-0.25, -0.2) is 4.98 Å². The maximum atomic E-state index is 9.81. The molecule has 3 heterocycles. The number of aromatic nitrogens is 2. The lowest BCUT2D eigenvalue weighted by Crippen LogP contribution is -2.41. The summed E-state index contributed by atoms with van der Waals surface area (Å²) in [6.07, 6.45) is 5.57. The Bertz CT molecular complexity index is 668. The van der Waals surface area contributed by atoms with Crippen LogP contribution in [-0.2, 0) is 11.3 Å². The Morgan fingerprint density at radius 3 is 2.50 bits per heavy atom. The third-order valence-electron chi connectivity index (χ3n) is 5.63. The molecule has 6 nitrogen and oxygen atoms in total. The van der Waals surface area contributed by atoms with Crippen LogP contribution in [0.1, 0.15) is 5.56 Å². The van der Waals surface area contributed by atoms with Crippen molar-refractivity contribution in [3.63, 3.8) is 0 Å². The molecule has 1 aromatic carbocycles.